The van der Waals surface area contributed by atoms with E-state index in [9.17, 15) is 14.7 Å². The van der Waals surface area contributed by atoms with Gasteiger partial charge in [0.25, 0.3) is 0 Å². The van der Waals surface area contributed by atoms with Gasteiger partial charge in [-0.05, 0) is 80.8 Å². The number of hydrogen-bond acceptors (Lipinski definition) is 4. The molecular weight excluding hydrogens is 438 g/mol. The van der Waals surface area contributed by atoms with E-state index in [1.165, 1.54) is 18.4 Å². The Morgan fingerprint density at radius 2 is 1.83 bits per heavy atom. The van der Waals surface area contributed by atoms with Crippen LogP contribution in [0.25, 0.3) is 0 Å². The molecule has 0 saturated heterocycles. The second-order valence-electron chi connectivity index (χ2n) is 12.4. The van der Waals surface area contributed by atoms with Gasteiger partial charge in [-0.2, -0.15) is 0 Å². The van der Waals surface area contributed by atoms with Crippen molar-refractivity contribution in [1.82, 2.24) is 5.16 Å². The number of carboxylic acids is 1. The SMILES string of the molecule is Cc1ccc(CC(=O)CC(CC(=O)O)c2noc(C3CC(CCC(C)(C)C)C3)c2C2CC2)c(C)c1. The van der Waals surface area contributed by atoms with Crippen LogP contribution in [-0.4, -0.2) is 22.0 Å². The lowest BCUT2D eigenvalue weighted by Gasteiger charge is -2.36. The van der Waals surface area contributed by atoms with Crippen molar-refractivity contribution in [3.05, 3.63) is 51.9 Å². The molecule has 0 radical (unpaired) electrons. The molecule has 0 aliphatic heterocycles. The first kappa shape index (κ1) is 25.7. The van der Waals surface area contributed by atoms with E-state index < -0.39 is 11.9 Å². The molecule has 2 aromatic rings. The first-order valence-corrected chi connectivity index (χ1v) is 13.3. The summed E-state index contributed by atoms with van der Waals surface area (Å²) in [6, 6.07) is 6.11. The molecule has 1 heterocycles. The summed E-state index contributed by atoms with van der Waals surface area (Å²) in [5.41, 5.74) is 5.50. The molecule has 5 nitrogen and oxygen atoms in total. The van der Waals surface area contributed by atoms with Crippen LogP contribution in [0, 0.1) is 25.2 Å². The fraction of sp³-hybridized carbons (Fsp3) is 0.633. The molecule has 1 atom stereocenters. The van der Waals surface area contributed by atoms with Crippen molar-refractivity contribution in [1.29, 1.82) is 0 Å². The molecule has 1 N–H and O–H groups in total. The predicted octanol–water partition coefficient (Wildman–Crippen LogP) is 7.25. The quantitative estimate of drug-likeness (QED) is 0.367. The van der Waals surface area contributed by atoms with E-state index in [0.717, 1.165) is 59.7 Å². The summed E-state index contributed by atoms with van der Waals surface area (Å²) < 4.78 is 5.94. The number of carboxylic acid groups (broad SMARTS) is 1. The van der Waals surface area contributed by atoms with Crippen LogP contribution in [-0.2, 0) is 16.0 Å². The monoisotopic (exact) mass is 479 g/mol. The molecule has 0 spiro atoms. The van der Waals surface area contributed by atoms with E-state index in [1.807, 2.05) is 26.0 Å². The van der Waals surface area contributed by atoms with Crippen molar-refractivity contribution < 1.29 is 19.2 Å². The van der Waals surface area contributed by atoms with Crippen LogP contribution < -0.4 is 0 Å². The Bertz CT molecular complexity index is 1070. The number of ketones is 1. The Morgan fingerprint density at radius 3 is 2.43 bits per heavy atom. The molecule has 1 aromatic heterocycles. The smallest absolute Gasteiger partial charge is 0.304 e. The molecule has 2 aliphatic rings. The summed E-state index contributed by atoms with van der Waals surface area (Å²) >= 11 is 0. The topological polar surface area (TPSA) is 80.4 Å². The summed E-state index contributed by atoms with van der Waals surface area (Å²) in [4.78, 5) is 24.8. The highest BCUT2D eigenvalue weighted by Gasteiger charge is 2.42. The molecule has 1 aromatic carbocycles. The van der Waals surface area contributed by atoms with Crippen LogP contribution in [0.1, 0.15) is 124 Å². The van der Waals surface area contributed by atoms with E-state index in [2.05, 4.69) is 32.0 Å². The van der Waals surface area contributed by atoms with Crippen LogP contribution >= 0.6 is 0 Å². The highest BCUT2D eigenvalue weighted by atomic mass is 16.5. The lowest BCUT2D eigenvalue weighted by molar-refractivity contribution is -0.137. The molecule has 0 bridgehead atoms. The number of aryl methyl sites for hydroxylation is 2. The predicted molar refractivity (Wildman–Crippen MR) is 137 cm³/mol. The van der Waals surface area contributed by atoms with Crippen LogP contribution in [0.15, 0.2) is 22.7 Å². The lowest BCUT2D eigenvalue weighted by Crippen LogP contribution is -2.24. The minimum atomic E-state index is -0.897. The first-order valence-electron chi connectivity index (χ1n) is 13.3. The minimum absolute atomic E-state index is 0.0559. The Morgan fingerprint density at radius 1 is 1.11 bits per heavy atom. The van der Waals surface area contributed by atoms with Gasteiger partial charge in [-0.15, -0.1) is 0 Å². The van der Waals surface area contributed by atoms with E-state index in [1.54, 1.807) is 0 Å². The van der Waals surface area contributed by atoms with Crippen LogP contribution in [0.4, 0.5) is 0 Å². The van der Waals surface area contributed by atoms with E-state index in [4.69, 9.17) is 4.52 Å². The van der Waals surface area contributed by atoms with Crippen molar-refractivity contribution in [3.8, 4) is 0 Å². The molecule has 5 heteroatoms. The zero-order chi connectivity index (χ0) is 25.3. The highest BCUT2D eigenvalue weighted by molar-refractivity contribution is 5.83. The van der Waals surface area contributed by atoms with Gasteiger partial charge >= 0.3 is 5.97 Å². The number of nitrogens with zero attached hydrogens (tertiary/aromatic N) is 1. The number of benzene rings is 1. The maximum absolute atomic E-state index is 13.1. The molecular formula is C30H41NO4. The molecule has 2 fully saturated rings. The summed E-state index contributed by atoms with van der Waals surface area (Å²) in [6.07, 6.45) is 7.32. The Kier molecular flexibility index (Phi) is 7.54. The molecule has 2 saturated carbocycles. The number of hydrogen-bond donors (Lipinski definition) is 1. The maximum atomic E-state index is 13.1. The number of rotatable bonds is 11. The average molecular weight is 480 g/mol. The van der Waals surface area contributed by atoms with Crippen molar-refractivity contribution in [3.63, 3.8) is 0 Å². The van der Waals surface area contributed by atoms with Crippen LogP contribution in [0.2, 0.25) is 0 Å². The Balaban J connectivity index is 1.48. The van der Waals surface area contributed by atoms with Gasteiger partial charge in [-0.1, -0.05) is 49.7 Å². The highest BCUT2D eigenvalue weighted by Crippen LogP contribution is 2.53. The molecule has 1 unspecified atom stereocenters. The van der Waals surface area contributed by atoms with Crippen molar-refractivity contribution in [2.45, 2.75) is 110 Å². The molecule has 2 aliphatic carbocycles. The first-order chi connectivity index (χ1) is 16.5. The van der Waals surface area contributed by atoms with Crippen molar-refractivity contribution in [2.24, 2.45) is 11.3 Å². The summed E-state index contributed by atoms with van der Waals surface area (Å²) in [7, 11) is 0. The van der Waals surface area contributed by atoms with Gasteiger partial charge in [-0.3, -0.25) is 9.59 Å². The number of aromatic nitrogens is 1. The fourth-order valence-corrected chi connectivity index (χ4v) is 5.60. The zero-order valence-corrected chi connectivity index (χ0v) is 22.0. The fourth-order valence-electron chi connectivity index (χ4n) is 5.60. The molecule has 35 heavy (non-hydrogen) atoms. The lowest BCUT2D eigenvalue weighted by atomic mass is 9.69. The van der Waals surface area contributed by atoms with Crippen LogP contribution in [0.3, 0.4) is 0 Å². The van der Waals surface area contributed by atoms with Gasteiger partial charge in [0.05, 0.1) is 12.1 Å². The van der Waals surface area contributed by atoms with E-state index >= 15 is 0 Å². The summed E-state index contributed by atoms with van der Waals surface area (Å²) in [5.74, 6) is 1.22. The molecule has 4 rings (SSSR count). The third-order valence-electron chi connectivity index (χ3n) is 7.85. The average Bonchev–Trinajstić information content (AvgIpc) is 3.46. The zero-order valence-electron chi connectivity index (χ0n) is 22.0. The number of aliphatic carboxylic acids is 1. The largest absolute Gasteiger partial charge is 0.481 e. The standard InChI is InChI=1S/C30H41NO4/c1-18-6-7-22(19(2)12-18)15-25(32)16-23(17-26(33)34)28-27(21-8-9-21)29(35-31-28)24-13-20(14-24)10-11-30(3,4)5/h6-7,12,20-21,23-24H,8-11,13-17H2,1-5H3,(H,33,34). The van der Waals surface area contributed by atoms with Crippen molar-refractivity contribution in [2.75, 3.05) is 0 Å². The normalized spacial score (nSPS) is 20.9. The van der Waals surface area contributed by atoms with Crippen molar-refractivity contribution >= 4 is 11.8 Å². The minimum Gasteiger partial charge on any atom is -0.481 e. The third kappa shape index (κ3) is 6.62. The maximum Gasteiger partial charge on any atom is 0.304 e. The number of carbonyl (C=O) groups excluding carboxylic acids is 1. The summed E-state index contributed by atoms with van der Waals surface area (Å²) in [6.45, 7) is 10.9. The van der Waals surface area contributed by atoms with Gasteiger partial charge < -0.3 is 9.63 Å². The second-order valence-corrected chi connectivity index (χ2v) is 12.4. The van der Waals surface area contributed by atoms with E-state index in [-0.39, 0.29) is 18.6 Å². The number of carbonyl (C=O) groups is 2. The third-order valence-corrected chi connectivity index (χ3v) is 7.85. The molecule has 0 amide bonds. The van der Waals surface area contributed by atoms with Crippen LogP contribution in [0.5, 0.6) is 0 Å². The van der Waals surface area contributed by atoms with Gasteiger partial charge in [0, 0.05) is 30.2 Å². The Labute approximate surface area is 209 Å². The summed E-state index contributed by atoms with van der Waals surface area (Å²) in [5, 5.41) is 14.1. The van der Waals surface area contributed by atoms with Gasteiger partial charge in [0.1, 0.15) is 11.5 Å². The van der Waals surface area contributed by atoms with E-state index in [0.29, 0.717) is 23.7 Å². The number of Topliss-reactive ketones (excluding diaryl/α,β-unsaturated/α-hetero) is 1. The molecule has 190 valence electrons. The van der Waals surface area contributed by atoms with Gasteiger partial charge in [-0.25, -0.2) is 0 Å². The second kappa shape index (κ2) is 10.3. The van der Waals surface area contributed by atoms with Gasteiger partial charge in [0.2, 0.25) is 0 Å². The van der Waals surface area contributed by atoms with Gasteiger partial charge in [0.15, 0.2) is 0 Å². The Hall–Kier alpha value is -2.43.